The SMILES string of the molecule is COc1ccc(/C(O)=C2/C(=O)C(=O)N(c3ccc(Cl)cc3)C2c2ccc(O)c(Cl)c2)c(C)c1. The summed E-state index contributed by atoms with van der Waals surface area (Å²) < 4.78 is 5.22. The molecule has 1 fully saturated rings. The minimum atomic E-state index is -0.981. The van der Waals surface area contributed by atoms with E-state index in [9.17, 15) is 19.8 Å². The maximum absolute atomic E-state index is 13.2. The van der Waals surface area contributed by atoms with E-state index in [2.05, 4.69) is 0 Å². The Bertz CT molecular complexity index is 1300. The summed E-state index contributed by atoms with van der Waals surface area (Å²) in [5.41, 5.74) is 1.82. The fourth-order valence-corrected chi connectivity index (χ4v) is 4.20. The lowest BCUT2D eigenvalue weighted by atomic mass is 9.93. The smallest absolute Gasteiger partial charge is 0.300 e. The van der Waals surface area contributed by atoms with Crippen molar-refractivity contribution >= 4 is 46.3 Å². The van der Waals surface area contributed by atoms with Crippen LogP contribution >= 0.6 is 23.2 Å². The number of hydrogen-bond donors (Lipinski definition) is 2. The highest BCUT2D eigenvalue weighted by molar-refractivity contribution is 6.51. The molecule has 6 nitrogen and oxygen atoms in total. The molecule has 1 atom stereocenters. The molecule has 3 aromatic carbocycles. The summed E-state index contributed by atoms with van der Waals surface area (Å²) in [4.78, 5) is 27.6. The van der Waals surface area contributed by atoms with E-state index in [4.69, 9.17) is 27.9 Å². The van der Waals surface area contributed by atoms with Gasteiger partial charge >= 0.3 is 0 Å². The first-order chi connectivity index (χ1) is 15.7. The van der Waals surface area contributed by atoms with Crippen LogP contribution in [-0.4, -0.2) is 29.0 Å². The zero-order valence-electron chi connectivity index (χ0n) is 17.7. The number of carbonyl (C=O) groups is 2. The van der Waals surface area contributed by atoms with Crippen LogP contribution < -0.4 is 9.64 Å². The van der Waals surface area contributed by atoms with Gasteiger partial charge in [0.2, 0.25) is 0 Å². The van der Waals surface area contributed by atoms with E-state index in [0.29, 0.717) is 33.1 Å². The predicted octanol–water partition coefficient (Wildman–Crippen LogP) is 5.64. The first-order valence-electron chi connectivity index (χ1n) is 9.93. The van der Waals surface area contributed by atoms with Crippen molar-refractivity contribution in [2.75, 3.05) is 12.0 Å². The third-order valence-electron chi connectivity index (χ3n) is 5.53. The molecule has 1 saturated heterocycles. The Balaban J connectivity index is 1.96. The van der Waals surface area contributed by atoms with Crippen LogP contribution in [0.5, 0.6) is 11.5 Å². The van der Waals surface area contributed by atoms with Crippen molar-refractivity contribution in [2.45, 2.75) is 13.0 Å². The van der Waals surface area contributed by atoms with Crippen molar-refractivity contribution in [3.05, 3.63) is 93.0 Å². The van der Waals surface area contributed by atoms with Crippen LogP contribution in [0.2, 0.25) is 10.0 Å². The van der Waals surface area contributed by atoms with Crippen molar-refractivity contribution < 1.29 is 24.5 Å². The first kappa shape index (κ1) is 22.7. The molecule has 3 aromatic rings. The number of methoxy groups -OCH3 is 1. The highest BCUT2D eigenvalue weighted by Gasteiger charge is 2.47. The molecule has 1 aliphatic heterocycles. The molecule has 0 radical (unpaired) electrons. The number of rotatable bonds is 4. The summed E-state index contributed by atoms with van der Waals surface area (Å²) in [5.74, 6) is -1.52. The fourth-order valence-electron chi connectivity index (χ4n) is 3.88. The number of aryl methyl sites for hydroxylation is 1. The number of ketones is 1. The number of ether oxygens (including phenoxy) is 1. The van der Waals surface area contributed by atoms with Crippen LogP contribution in [0.1, 0.15) is 22.7 Å². The highest BCUT2D eigenvalue weighted by Crippen LogP contribution is 2.44. The molecule has 0 bridgehead atoms. The largest absolute Gasteiger partial charge is 0.507 e. The molecule has 0 aromatic heterocycles. The minimum absolute atomic E-state index is 0.0508. The lowest BCUT2D eigenvalue weighted by Gasteiger charge is -2.26. The number of anilines is 1. The number of carbonyl (C=O) groups excluding carboxylic acids is 2. The van der Waals surface area contributed by atoms with Gasteiger partial charge in [-0.2, -0.15) is 0 Å². The number of aromatic hydroxyl groups is 1. The Morgan fingerprint density at radius 3 is 2.30 bits per heavy atom. The molecule has 4 rings (SSSR count). The van der Waals surface area contributed by atoms with Gasteiger partial charge in [-0.3, -0.25) is 14.5 Å². The number of halogens is 2. The number of aliphatic hydroxyl groups excluding tert-OH is 1. The van der Waals surface area contributed by atoms with E-state index < -0.39 is 17.7 Å². The summed E-state index contributed by atoms with van der Waals surface area (Å²) >= 11 is 12.1. The Kier molecular flexibility index (Phi) is 6.06. The monoisotopic (exact) mass is 483 g/mol. The number of nitrogens with zero attached hydrogens (tertiary/aromatic N) is 1. The molecule has 1 amide bonds. The molecular formula is C25H19Cl2NO5. The highest BCUT2D eigenvalue weighted by atomic mass is 35.5. The van der Waals surface area contributed by atoms with E-state index in [0.717, 1.165) is 0 Å². The molecule has 2 N–H and O–H groups in total. The average molecular weight is 484 g/mol. The van der Waals surface area contributed by atoms with Gasteiger partial charge in [0.05, 0.1) is 23.7 Å². The molecule has 1 unspecified atom stereocenters. The number of hydrogen-bond acceptors (Lipinski definition) is 5. The van der Waals surface area contributed by atoms with E-state index in [1.165, 1.54) is 24.1 Å². The number of aliphatic hydroxyl groups is 1. The van der Waals surface area contributed by atoms with Gasteiger partial charge in [-0.05, 0) is 72.6 Å². The van der Waals surface area contributed by atoms with Crippen LogP contribution in [0.3, 0.4) is 0 Å². The molecule has 0 spiro atoms. The number of Topliss-reactive ketones (excluding diaryl/α,β-unsaturated/α-hetero) is 1. The van der Waals surface area contributed by atoms with E-state index in [-0.39, 0.29) is 22.1 Å². The number of benzene rings is 3. The fraction of sp³-hybridized carbons (Fsp3) is 0.120. The third kappa shape index (κ3) is 4.03. The zero-order chi connectivity index (χ0) is 23.9. The van der Waals surface area contributed by atoms with Gasteiger partial charge in [0, 0.05) is 16.3 Å². The summed E-state index contributed by atoms with van der Waals surface area (Å²) in [5, 5.41) is 21.6. The molecule has 168 valence electrons. The molecule has 8 heteroatoms. The van der Waals surface area contributed by atoms with Crippen molar-refractivity contribution in [1.29, 1.82) is 0 Å². The zero-order valence-corrected chi connectivity index (χ0v) is 19.2. The van der Waals surface area contributed by atoms with Crippen LogP contribution in [0.4, 0.5) is 5.69 Å². The Hall–Kier alpha value is -3.48. The number of phenolic OH excluding ortho intramolecular Hbond substituents is 1. The van der Waals surface area contributed by atoms with Crippen LogP contribution in [0.15, 0.2) is 66.2 Å². The summed E-state index contributed by atoms with van der Waals surface area (Å²) in [6.45, 7) is 1.76. The summed E-state index contributed by atoms with van der Waals surface area (Å²) in [6, 6.07) is 14.8. The average Bonchev–Trinajstić information content (AvgIpc) is 3.06. The Labute approximate surface area is 200 Å². The third-order valence-corrected chi connectivity index (χ3v) is 6.08. The molecular weight excluding hydrogens is 465 g/mol. The van der Waals surface area contributed by atoms with Gasteiger partial charge < -0.3 is 14.9 Å². The topological polar surface area (TPSA) is 87.1 Å². The summed E-state index contributed by atoms with van der Waals surface area (Å²) in [6.07, 6.45) is 0. The lowest BCUT2D eigenvalue weighted by Crippen LogP contribution is -2.29. The lowest BCUT2D eigenvalue weighted by molar-refractivity contribution is -0.132. The normalized spacial score (nSPS) is 17.5. The van der Waals surface area contributed by atoms with E-state index >= 15 is 0 Å². The van der Waals surface area contributed by atoms with Crippen molar-refractivity contribution in [1.82, 2.24) is 0 Å². The van der Waals surface area contributed by atoms with E-state index in [1.807, 2.05) is 0 Å². The predicted molar refractivity (Wildman–Crippen MR) is 127 cm³/mol. The van der Waals surface area contributed by atoms with Crippen molar-refractivity contribution in [3.8, 4) is 11.5 Å². The van der Waals surface area contributed by atoms with Gasteiger partial charge in [-0.1, -0.05) is 29.3 Å². The number of amides is 1. The second-order valence-electron chi connectivity index (χ2n) is 7.54. The first-order valence-corrected chi connectivity index (χ1v) is 10.7. The minimum Gasteiger partial charge on any atom is -0.507 e. The van der Waals surface area contributed by atoms with Crippen LogP contribution in [0.25, 0.3) is 5.76 Å². The van der Waals surface area contributed by atoms with Crippen molar-refractivity contribution in [3.63, 3.8) is 0 Å². The standard InChI is InChI=1S/C25H19Cl2NO5/c1-13-11-17(33-2)8-9-18(13)23(30)21-22(14-3-10-20(29)19(27)12-14)28(25(32)24(21)31)16-6-4-15(26)5-7-16/h3-12,22,29-30H,1-2H3/b23-21-. The van der Waals surface area contributed by atoms with Gasteiger partial charge in [-0.25, -0.2) is 0 Å². The maximum atomic E-state index is 13.2. The van der Waals surface area contributed by atoms with Gasteiger partial charge in [0.15, 0.2) is 0 Å². The van der Waals surface area contributed by atoms with Gasteiger partial charge in [0.25, 0.3) is 11.7 Å². The molecule has 33 heavy (non-hydrogen) atoms. The summed E-state index contributed by atoms with van der Waals surface area (Å²) in [7, 11) is 1.53. The second-order valence-corrected chi connectivity index (χ2v) is 8.38. The molecule has 1 heterocycles. The molecule has 0 saturated carbocycles. The maximum Gasteiger partial charge on any atom is 0.300 e. The Morgan fingerprint density at radius 1 is 1.00 bits per heavy atom. The molecule has 0 aliphatic carbocycles. The quantitative estimate of drug-likeness (QED) is 0.284. The second kappa shape index (κ2) is 8.81. The van der Waals surface area contributed by atoms with Gasteiger partial charge in [0.1, 0.15) is 17.3 Å². The van der Waals surface area contributed by atoms with E-state index in [1.54, 1.807) is 55.5 Å². The van der Waals surface area contributed by atoms with Gasteiger partial charge in [-0.15, -0.1) is 0 Å². The van der Waals surface area contributed by atoms with Crippen LogP contribution in [-0.2, 0) is 9.59 Å². The molecule has 1 aliphatic rings. The number of phenols is 1. The van der Waals surface area contributed by atoms with Crippen LogP contribution in [0, 0.1) is 6.92 Å². The van der Waals surface area contributed by atoms with Crippen molar-refractivity contribution in [2.24, 2.45) is 0 Å². The Morgan fingerprint density at radius 2 is 1.70 bits per heavy atom.